The maximum absolute atomic E-state index is 13.3. The normalized spacial score (nSPS) is 19.0. The molecule has 5 rings (SSSR count). The number of rotatable bonds is 3. The van der Waals surface area contributed by atoms with Crippen LogP contribution < -0.4 is 9.80 Å². The van der Waals surface area contributed by atoms with E-state index in [4.69, 9.17) is 0 Å². The lowest BCUT2D eigenvalue weighted by molar-refractivity contribution is 0.0996. The minimum absolute atomic E-state index is 0.111. The molecule has 0 aromatic carbocycles. The summed E-state index contributed by atoms with van der Waals surface area (Å²) >= 11 is 0. The molecule has 0 saturated carbocycles. The Morgan fingerprint density at radius 2 is 2.00 bits per heavy atom. The van der Waals surface area contributed by atoms with Crippen LogP contribution in [0, 0.1) is 0 Å². The fourth-order valence-corrected chi connectivity index (χ4v) is 3.43. The number of hydrogen-bond acceptors (Lipinski definition) is 6. The molecule has 136 valence electrons. The molecule has 3 aromatic rings. The van der Waals surface area contributed by atoms with Gasteiger partial charge in [0.05, 0.1) is 48.6 Å². The monoisotopic (exact) mass is 365 g/mol. The molecule has 1 atom stereocenters. The summed E-state index contributed by atoms with van der Waals surface area (Å²) in [6.45, 7) is 1.39. The van der Waals surface area contributed by atoms with Crippen molar-refractivity contribution in [2.24, 2.45) is 0 Å². The molecular weight excluding hydrogens is 349 g/mol. The van der Waals surface area contributed by atoms with Crippen LogP contribution in [0.3, 0.4) is 0 Å². The molecule has 9 heteroatoms. The van der Waals surface area contributed by atoms with E-state index in [9.17, 15) is 9.18 Å². The second-order valence-electron chi connectivity index (χ2n) is 6.60. The largest absolute Gasteiger partial charge is 0.352 e. The molecule has 1 amide bonds. The number of carbonyl (C=O) groups excluding carboxylic acids is 1. The topological polar surface area (TPSA) is 80.0 Å². The molecule has 0 unspecified atom stereocenters. The predicted molar refractivity (Wildman–Crippen MR) is 95.6 cm³/mol. The Morgan fingerprint density at radius 1 is 1.15 bits per heavy atom. The Hall–Kier alpha value is -3.36. The molecule has 0 spiro atoms. The van der Waals surface area contributed by atoms with Crippen LogP contribution in [0.1, 0.15) is 22.5 Å². The molecular formula is C18H16FN7O. The molecule has 3 aromatic heterocycles. The van der Waals surface area contributed by atoms with Crippen molar-refractivity contribution in [3.05, 3.63) is 54.4 Å². The summed E-state index contributed by atoms with van der Waals surface area (Å²) in [6, 6.07) is 3.64. The molecule has 0 radical (unpaired) electrons. The summed E-state index contributed by atoms with van der Waals surface area (Å²) in [5, 5.41) is 4.48. The number of carbonyl (C=O) groups is 1. The Bertz CT molecular complexity index is 989. The van der Waals surface area contributed by atoms with Crippen LogP contribution in [0.5, 0.6) is 0 Å². The fraction of sp³-hybridized carbons (Fsp3) is 0.278. The maximum Gasteiger partial charge on any atom is 0.262 e. The van der Waals surface area contributed by atoms with Crippen molar-refractivity contribution in [1.29, 1.82) is 0 Å². The Labute approximate surface area is 154 Å². The van der Waals surface area contributed by atoms with E-state index in [1.54, 1.807) is 46.6 Å². The van der Waals surface area contributed by atoms with Crippen LogP contribution in [0.2, 0.25) is 0 Å². The first-order chi connectivity index (χ1) is 13.2. The summed E-state index contributed by atoms with van der Waals surface area (Å²) in [4.78, 5) is 29.0. The molecule has 0 aliphatic carbocycles. The van der Waals surface area contributed by atoms with Gasteiger partial charge in [-0.2, -0.15) is 5.10 Å². The lowest BCUT2D eigenvalue weighted by atomic mass is 10.3. The number of anilines is 2. The molecule has 2 aliphatic heterocycles. The van der Waals surface area contributed by atoms with E-state index >= 15 is 0 Å². The number of nitrogens with zero attached hydrogens (tertiary/aromatic N) is 7. The van der Waals surface area contributed by atoms with Crippen molar-refractivity contribution in [2.75, 3.05) is 22.9 Å². The van der Waals surface area contributed by atoms with Gasteiger partial charge in [-0.05, 0) is 18.6 Å². The van der Waals surface area contributed by atoms with Crippen molar-refractivity contribution < 1.29 is 9.18 Å². The van der Waals surface area contributed by atoms with Crippen LogP contribution in [-0.4, -0.2) is 49.9 Å². The van der Waals surface area contributed by atoms with Gasteiger partial charge in [-0.25, -0.2) is 19.0 Å². The quantitative estimate of drug-likeness (QED) is 0.704. The minimum Gasteiger partial charge on any atom is -0.352 e. The zero-order valence-corrected chi connectivity index (χ0v) is 14.4. The Morgan fingerprint density at radius 3 is 2.67 bits per heavy atom. The van der Waals surface area contributed by atoms with Crippen molar-refractivity contribution in [3.8, 4) is 5.82 Å². The van der Waals surface area contributed by atoms with E-state index < -0.39 is 6.17 Å². The van der Waals surface area contributed by atoms with Crippen LogP contribution >= 0.6 is 0 Å². The van der Waals surface area contributed by atoms with Gasteiger partial charge in [0.15, 0.2) is 5.82 Å². The van der Waals surface area contributed by atoms with Gasteiger partial charge in [-0.15, -0.1) is 0 Å². The van der Waals surface area contributed by atoms with E-state index in [1.807, 2.05) is 11.0 Å². The summed E-state index contributed by atoms with van der Waals surface area (Å²) in [5.74, 6) is 1.06. The second kappa shape index (κ2) is 6.11. The molecule has 1 fully saturated rings. The molecule has 1 saturated heterocycles. The van der Waals surface area contributed by atoms with Gasteiger partial charge in [-0.3, -0.25) is 9.78 Å². The average Bonchev–Trinajstić information content (AvgIpc) is 3.39. The molecule has 2 aliphatic rings. The molecule has 8 nitrogen and oxygen atoms in total. The summed E-state index contributed by atoms with van der Waals surface area (Å²) in [7, 11) is 0. The number of hydrogen-bond donors (Lipinski definition) is 0. The number of fused-ring (bicyclic) bond motifs is 1. The first-order valence-electron chi connectivity index (χ1n) is 8.71. The number of halogens is 1. The van der Waals surface area contributed by atoms with Gasteiger partial charge in [0.25, 0.3) is 5.91 Å². The SMILES string of the molecule is O=C1c2cn(-c3cnc(N4CC[C@H](F)C4)cn3)nc2CN1c1cccnc1. The third-order valence-electron chi connectivity index (χ3n) is 4.85. The summed E-state index contributed by atoms with van der Waals surface area (Å²) < 4.78 is 14.9. The van der Waals surface area contributed by atoms with E-state index in [-0.39, 0.29) is 5.91 Å². The predicted octanol–water partition coefficient (Wildman–Crippen LogP) is 1.77. The van der Waals surface area contributed by atoms with Crippen molar-refractivity contribution >= 4 is 17.4 Å². The zero-order valence-electron chi connectivity index (χ0n) is 14.4. The summed E-state index contributed by atoms with van der Waals surface area (Å²) in [6.07, 6.45) is 7.91. The van der Waals surface area contributed by atoms with Gasteiger partial charge < -0.3 is 9.80 Å². The number of alkyl halides is 1. The van der Waals surface area contributed by atoms with Gasteiger partial charge in [0, 0.05) is 18.9 Å². The van der Waals surface area contributed by atoms with Gasteiger partial charge in [-0.1, -0.05) is 0 Å². The van der Waals surface area contributed by atoms with Crippen LogP contribution in [0.4, 0.5) is 15.9 Å². The number of aromatic nitrogens is 5. The van der Waals surface area contributed by atoms with E-state index in [0.29, 0.717) is 48.9 Å². The van der Waals surface area contributed by atoms with Crippen LogP contribution in [0.25, 0.3) is 5.82 Å². The number of amides is 1. The highest BCUT2D eigenvalue weighted by Crippen LogP contribution is 2.27. The fourth-order valence-electron chi connectivity index (χ4n) is 3.43. The molecule has 0 N–H and O–H groups in total. The molecule has 0 bridgehead atoms. The third-order valence-corrected chi connectivity index (χ3v) is 4.85. The standard InChI is InChI=1S/C18H16FN7O/c19-12-3-5-24(9-12)16-7-22-17(8-21-16)26-10-14-15(23-26)11-25(18(14)27)13-2-1-4-20-6-13/h1-2,4,6-8,10,12H,3,5,9,11H2/t12-/m0/s1. The number of pyridine rings is 1. The highest BCUT2D eigenvalue weighted by Gasteiger charge is 2.32. The van der Waals surface area contributed by atoms with Gasteiger partial charge >= 0.3 is 0 Å². The van der Waals surface area contributed by atoms with Gasteiger partial charge in [0.2, 0.25) is 0 Å². The van der Waals surface area contributed by atoms with E-state index in [0.717, 1.165) is 5.69 Å². The zero-order chi connectivity index (χ0) is 18.4. The smallest absolute Gasteiger partial charge is 0.262 e. The Balaban J connectivity index is 1.37. The van der Waals surface area contributed by atoms with Crippen LogP contribution in [-0.2, 0) is 6.54 Å². The van der Waals surface area contributed by atoms with Crippen molar-refractivity contribution in [1.82, 2.24) is 24.7 Å². The highest BCUT2D eigenvalue weighted by atomic mass is 19.1. The van der Waals surface area contributed by atoms with E-state index in [2.05, 4.69) is 20.1 Å². The average molecular weight is 365 g/mol. The molecule has 27 heavy (non-hydrogen) atoms. The maximum atomic E-state index is 13.3. The Kier molecular flexibility index (Phi) is 3.59. The first-order valence-corrected chi connectivity index (χ1v) is 8.71. The summed E-state index contributed by atoms with van der Waals surface area (Å²) in [5.41, 5.74) is 1.98. The van der Waals surface area contributed by atoms with E-state index in [1.165, 1.54) is 0 Å². The third kappa shape index (κ3) is 2.71. The van der Waals surface area contributed by atoms with Crippen LogP contribution in [0.15, 0.2) is 43.1 Å². The molecule has 5 heterocycles. The lowest BCUT2D eigenvalue weighted by Crippen LogP contribution is -2.24. The highest BCUT2D eigenvalue weighted by molar-refractivity contribution is 6.09. The lowest BCUT2D eigenvalue weighted by Gasteiger charge is -2.16. The van der Waals surface area contributed by atoms with Gasteiger partial charge in [0.1, 0.15) is 12.0 Å². The second-order valence-corrected chi connectivity index (χ2v) is 6.60. The van der Waals surface area contributed by atoms with Crippen molar-refractivity contribution in [3.63, 3.8) is 0 Å². The first kappa shape index (κ1) is 15.9. The minimum atomic E-state index is -0.811. The van der Waals surface area contributed by atoms with Crippen molar-refractivity contribution in [2.45, 2.75) is 19.1 Å².